The molecule has 0 saturated carbocycles. The molecule has 45 heavy (non-hydrogen) atoms. The Bertz CT molecular complexity index is 2290. The highest BCUT2D eigenvalue weighted by Crippen LogP contribution is 2.42. The summed E-state index contributed by atoms with van der Waals surface area (Å²) in [7, 11) is 0. The summed E-state index contributed by atoms with van der Waals surface area (Å²) < 4.78 is 6.08. The van der Waals surface area contributed by atoms with E-state index in [0.29, 0.717) is 0 Å². The molecular formula is C42H27IN2. The van der Waals surface area contributed by atoms with Crippen molar-refractivity contribution in [3.63, 3.8) is 0 Å². The Hall–Kier alpha value is -5.13. The highest BCUT2D eigenvalue weighted by molar-refractivity contribution is 14.1. The van der Waals surface area contributed by atoms with Gasteiger partial charge < -0.3 is 9.13 Å². The molecule has 0 spiro atoms. The van der Waals surface area contributed by atoms with Gasteiger partial charge in [0.05, 0.1) is 33.4 Å². The summed E-state index contributed by atoms with van der Waals surface area (Å²) in [5.41, 5.74) is 12.1. The van der Waals surface area contributed by atoms with E-state index in [9.17, 15) is 0 Å². The Labute approximate surface area is 274 Å². The SMILES string of the molecule is Ic1c(-c2ccccc2-n2c3ccccc3c3ccccc32)cccc1-c1ccccc1-n1c2ccccc2c2ccccc21. The van der Waals surface area contributed by atoms with Crippen LogP contribution >= 0.6 is 22.6 Å². The molecule has 0 aliphatic heterocycles. The van der Waals surface area contributed by atoms with Crippen LogP contribution in [0.1, 0.15) is 0 Å². The summed E-state index contributed by atoms with van der Waals surface area (Å²) in [6.45, 7) is 0. The van der Waals surface area contributed by atoms with Crippen LogP contribution in [0.25, 0.3) is 77.2 Å². The molecule has 212 valence electrons. The standard InChI is InChI=1S/C42H27IN2/c43-42-34(32-18-5-11-26-40(32)44-36-22-7-1-14-28(36)29-15-2-8-23-37(29)44)20-13-21-35(42)33-19-6-12-27-41(33)45-38-24-9-3-16-30(38)31-17-4-10-25-39(31)45/h1-27H. The summed E-state index contributed by atoms with van der Waals surface area (Å²) in [6, 6.07) is 59.3. The molecule has 0 saturated heterocycles. The maximum absolute atomic E-state index is 2.57. The Kier molecular flexibility index (Phi) is 6.13. The summed E-state index contributed by atoms with van der Waals surface area (Å²) in [6.07, 6.45) is 0. The zero-order valence-electron chi connectivity index (χ0n) is 24.4. The first kappa shape index (κ1) is 26.3. The van der Waals surface area contributed by atoms with Gasteiger partial charge in [0.2, 0.25) is 0 Å². The minimum absolute atomic E-state index is 1.18. The van der Waals surface area contributed by atoms with E-state index in [1.54, 1.807) is 0 Å². The molecule has 2 aromatic heterocycles. The van der Waals surface area contributed by atoms with E-state index in [2.05, 4.69) is 196 Å². The minimum atomic E-state index is 1.18. The number of para-hydroxylation sites is 6. The van der Waals surface area contributed by atoms with Crippen LogP contribution in [0, 0.1) is 3.57 Å². The summed E-state index contributed by atoms with van der Waals surface area (Å²) in [5.74, 6) is 0. The molecule has 7 aromatic carbocycles. The molecular weight excluding hydrogens is 659 g/mol. The first-order valence-electron chi connectivity index (χ1n) is 15.2. The monoisotopic (exact) mass is 686 g/mol. The highest BCUT2D eigenvalue weighted by atomic mass is 127. The maximum atomic E-state index is 2.57. The van der Waals surface area contributed by atoms with Crippen LogP contribution in [0.2, 0.25) is 0 Å². The van der Waals surface area contributed by atoms with Crippen LogP contribution in [-0.4, -0.2) is 9.13 Å². The molecule has 0 unspecified atom stereocenters. The van der Waals surface area contributed by atoms with E-state index in [1.807, 2.05) is 0 Å². The van der Waals surface area contributed by atoms with Gasteiger partial charge in [0.1, 0.15) is 0 Å². The number of fused-ring (bicyclic) bond motifs is 6. The molecule has 2 heterocycles. The zero-order chi connectivity index (χ0) is 29.9. The third-order valence-electron chi connectivity index (χ3n) is 9.03. The molecule has 0 atom stereocenters. The van der Waals surface area contributed by atoms with Gasteiger partial charge in [0.15, 0.2) is 0 Å². The molecule has 0 radical (unpaired) electrons. The Morgan fingerprint density at radius 3 is 0.956 bits per heavy atom. The molecule has 0 N–H and O–H groups in total. The van der Waals surface area contributed by atoms with E-state index >= 15 is 0 Å². The van der Waals surface area contributed by atoms with Crippen molar-refractivity contribution in [2.75, 3.05) is 0 Å². The zero-order valence-corrected chi connectivity index (χ0v) is 26.5. The van der Waals surface area contributed by atoms with Crippen molar-refractivity contribution < 1.29 is 0 Å². The van der Waals surface area contributed by atoms with Gasteiger partial charge in [-0.3, -0.25) is 0 Å². The van der Waals surface area contributed by atoms with Gasteiger partial charge in [-0.25, -0.2) is 0 Å². The summed E-state index contributed by atoms with van der Waals surface area (Å²) in [5, 5.41) is 5.08. The molecule has 0 aliphatic rings. The number of hydrogen-bond acceptors (Lipinski definition) is 0. The Morgan fingerprint density at radius 2 is 0.578 bits per heavy atom. The molecule has 0 aliphatic carbocycles. The lowest BCUT2D eigenvalue weighted by molar-refractivity contribution is 1.18. The number of aromatic nitrogens is 2. The fourth-order valence-corrected chi connectivity index (χ4v) is 8.05. The van der Waals surface area contributed by atoms with E-state index in [4.69, 9.17) is 0 Å². The second-order valence-corrected chi connectivity index (χ2v) is 12.5. The fourth-order valence-electron chi connectivity index (χ4n) is 7.10. The molecule has 3 heteroatoms. The quantitative estimate of drug-likeness (QED) is 0.163. The van der Waals surface area contributed by atoms with Gasteiger partial charge in [-0.2, -0.15) is 0 Å². The highest BCUT2D eigenvalue weighted by Gasteiger charge is 2.20. The van der Waals surface area contributed by atoms with Crippen molar-refractivity contribution in [3.05, 3.63) is 167 Å². The van der Waals surface area contributed by atoms with Crippen LogP contribution in [0.5, 0.6) is 0 Å². The number of rotatable bonds is 4. The third-order valence-corrected chi connectivity index (χ3v) is 10.2. The predicted molar refractivity (Wildman–Crippen MR) is 199 cm³/mol. The number of benzene rings is 7. The van der Waals surface area contributed by atoms with Crippen LogP contribution in [-0.2, 0) is 0 Å². The van der Waals surface area contributed by atoms with Gasteiger partial charge in [0, 0.05) is 36.2 Å². The van der Waals surface area contributed by atoms with Gasteiger partial charge >= 0.3 is 0 Å². The normalized spacial score (nSPS) is 11.7. The van der Waals surface area contributed by atoms with Crippen LogP contribution in [0.3, 0.4) is 0 Å². The van der Waals surface area contributed by atoms with Gasteiger partial charge in [-0.05, 0) is 70.1 Å². The second-order valence-electron chi connectivity index (χ2n) is 11.4. The fraction of sp³-hybridized carbons (Fsp3) is 0. The maximum Gasteiger partial charge on any atom is 0.0541 e. The topological polar surface area (TPSA) is 9.86 Å². The Balaban J connectivity index is 1.28. The van der Waals surface area contributed by atoms with Gasteiger partial charge in [-0.15, -0.1) is 0 Å². The van der Waals surface area contributed by atoms with E-state index in [-0.39, 0.29) is 0 Å². The lowest BCUT2D eigenvalue weighted by atomic mass is 9.96. The lowest BCUT2D eigenvalue weighted by Crippen LogP contribution is -2.00. The smallest absolute Gasteiger partial charge is 0.0541 e. The second kappa shape index (κ2) is 10.5. The molecule has 0 amide bonds. The first-order chi connectivity index (χ1) is 22.3. The van der Waals surface area contributed by atoms with Crippen LogP contribution < -0.4 is 0 Å². The van der Waals surface area contributed by atoms with Crippen molar-refractivity contribution in [3.8, 4) is 33.6 Å². The van der Waals surface area contributed by atoms with Crippen molar-refractivity contribution in [2.45, 2.75) is 0 Å². The number of hydrogen-bond donors (Lipinski definition) is 0. The van der Waals surface area contributed by atoms with Crippen molar-refractivity contribution >= 4 is 66.2 Å². The predicted octanol–water partition coefficient (Wildman–Crippen LogP) is 11.8. The molecule has 9 rings (SSSR count). The van der Waals surface area contributed by atoms with Crippen molar-refractivity contribution in [1.29, 1.82) is 0 Å². The Morgan fingerprint density at radius 1 is 0.289 bits per heavy atom. The number of halogens is 1. The largest absolute Gasteiger partial charge is 0.309 e. The van der Waals surface area contributed by atoms with Gasteiger partial charge in [0.25, 0.3) is 0 Å². The van der Waals surface area contributed by atoms with Gasteiger partial charge in [-0.1, -0.05) is 127 Å². The van der Waals surface area contributed by atoms with E-state index in [1.165, 1.54) is 80.8 Å². The molecule has 9 aromatic rings. The lowest BCUT2D eigenvalue weighted by Gasteiger charge is -2.19. The minimum Gasteiger partial charge on any atom is -0.309 e. The summed E-state index contributed by atoms with van der Waals surface area (Å²) in [4.78, 5) is 0. The average molecular weight is 687 g/mol. The van der Waals surface area contributed by atoms with Crippen LogP contribution in [0.15, 0.2) is 164 Å². The summed E-state index contributed by atoms with van der Waals surface area (Å²) >= 11 is 2.57. The van der Waals surface area contributed by atoms with Crippen LogP contribution in [0.4, 0.5) is 0 Å². The third kappa shape index (κ3) is 4.00. The molecule has 0 fully saturated rings. The molecule has 2 nitrogen and oxygen atoms in total. The van der Waals surface area contributed by atoms with E-state index in [0.717, 1.165) is 0 Å². The average Bonchev–Trinajstić information content (AvgIpc) is 3.62. The number of nitrogens with zero attached hydrogens (tertiary/aromatic N) is 2. The molecule has 0 bridgehead atoms. The first-order valence-corrected chi connectivity index (χ1v) is 16.3. The van der Waals surface area contributed by atoms with Crippen molar-refractivity contribution in [1.82, 2.24) is 9.13 Å². The van der Waals surface area contributed by atoms with Crippen molar-refractivity contribution in [2.24, 2.45) is 0 Å². The van der Waals surface area contributed by atoms with E-state index < -0.39 is 0 Å².